The molecule has 3 nitrogen and oxygen atoms in total. The third kappa shape index (κ3) is 2.17. The highest BCUT2D eigenvalue weighted by Crippen LogP contribution is 2.24. The van der Waals surface area contributed by atoms with E-state index in [-0.39, 0.29) is 11.0 Å². The topological polar surface area (TPSA) is 39.1 Å². The van der Waals surface area contributed by atoms with Crippen molar-refractivity contribution in [1.29, 1.82) is 0 Å². The molecule has 0 amide bonds. The fraction of sp³-hybridized carbons (Fsp3) is 0.429. The van der Waals surface area contributed by atoms with Crippen LogP contribution in [0.3, 0.4) is 0 Å². The lowest BCUT2D eigenvalue weighted by molar-refractivity contribution is 0.585. The van der Waals surface area contributed by atoms with Crippen LogP contribution < -0.4 is 0 Å². The Labute approximate surface area is 108 Å². The molecule has 2 aromatic rings. The molecule has 1 heterocycles. The van der Waals surface area contributed by atoms with Gasteiger partial charge in [-0.1, -0.05) is 18.2 Å². The molecule has 1 aromatic carbocycles. The Morgan fingerprint density at radius 2 is 1.94 bits per heavy atom. The van der Waals surface area contributed by atoms with Gasteiger partial charge < -0.3 is 4.57 Å². The summed E-state index contributed by atoms with van der Waals surface area (Å²) in [6, 6.07) is 8.04. The second-order valence-corrected chi connectivity index (χ2v) is 7.62. The van der Waals surface area contributed by atoms with Gasteiger partial charge in [0.2, 0.25) is 0 Å². The predicted molar refractivity (Wildman–Crippen MR) is 75.4 cm³/mol. The lowest BCUT2D eigenvalue weighted by Gasteiger charge is -2.09. The second kappa shape index (κ2) is 4.43. The molecule has 0 aliphatic heterocycles. The van der Waals surface area contributed by atoms with Crippen LogP contribution in [0.2, 0.25) is 0 Å². The van der Waals surface area contributed by atoms with Gasteiger partial charge in [-0.05, 0) is 32.4 Å². The van der Waals surface area contributed by atoms with Crippen molar-refractivity contribution in [3.05, 3.63) is 35.5 Å². The first kappa shape index (κ1) is 13.1. The van der Waals surface area contributed by atoms with E-state index in [0.29, 0.717) is 0 Å². The molecule has 0 radical (unpaired) electrons. The maximum Gasteiger partial charge on any atom is 0.158 e. The Balaban J connectivity index is 2.54. The summed E-state index contributed by atoms with van der Waals surface area (Å²) in [6.45, 7) is 5.50. The largest absolute Gasteiger partial charge is 0.346 e. The van der Waals surface area contributed by atoms with E-state index in [1.807, 2.05) is 42.8 Å². The molecule has 0 fully saturated rings. The van der Waals surface area contributed by atoms with Gasteiger partial charge in [0, 0.05) is 18.1 Å². The fourth-order valence-electron chi connectivity index (χ4n) is 2.19. The van der Waals surface area contributed by atoms with E-state index in [0.717, 1.165) is 16.6 Å². The van der Waals surface area contributed by atoms with Crippen LogP contribution in [0.4, 0.5) is 0 Å². The minimum Gasteiger partial charge on any atom is -0.346 e. The molecule has 0 bridgehead atoms. The van der Waals surface area contributed by atoms with E-state index < -0.39 is 9.84 Å². The molecule has 0 N–H and O–H groups in total. The van der Waals surface area contributed by atoms with Crippen molar-refractivity contribution in [2.24, 2.45) is 7.05 Å². The monoisotopic (exact) mass is 265 g/mol. The Hall–Kier alpha value is -1.29. The molecule has 18 heavy (non-hydrogen) atoms. The van der Waals surface area contributed by atoms with Crippen molar-refractivity contribution in [2.45, 2.75) is 31.8 Å². The van der Waals surface area contributed by atoms with Crippen molar-refractivity contribution < 1.29 is 8.42 Å². The van der Waals surface area contributed by atoms with Gasteiger partial charge in [-0.2, -0.15) is 0 Å². The summed E-state index contributed by atoms with van der Waals surface area (Å²) in [5, 5.41) is 0.767. The molecule has 0 saturated carbocycles. The summed E-state index contributed by atoms with van der Waals surface area (Å²) in [4.78, 5) is 0. The summed E-state index contributed by atoms with van der Waals surface area (Å²) in [5.74, 6) is 0.106. The lowest BCUT2D eigenvalue weighted by atomic mass is 10.2. The molecule has 2 rings (SSSR count). The van der Waals surface area contributed by atoms with E-state index in [9.17, 15) is 8.42 Å². The van der Waals surface area contributed by atoms with Crippen molar-refractivity contribution in [1.82, 2.24) is 4.57 Å². The van der Waals surface area contributed by atoms with E-state index in [1.165, 1.54) is 5.56 Å². The maximum absolute atomic E-state index is 12.0. The zero-order valence-electron chi connectivity index (χ0n) is 11.3. The molecular formula is C14H19NO2S. The molecule has 98 valence electrons. The maximum atomic E-state index is 12.0. The number of aromatic nitrogens is 1. The van der Waals surface area contributed by atoms with Gasteiger partial charge in [0.15, 0.2) is 9.84 Å². The van der Waals surface area contributed by atoms with Crippen molar-refractivity contribution in [3.63, 3.8) is 0 Å². The molecule has 0 aliphatic rings. The molecule has 0 aliphatic carbocycles. The molecule has 1 aromatic heterocycles. The second-order valence-electron chi connectivity index (χ2n) is 5.06. The number of aryl methyl sites for hydroxylation is 2. The van der Waals surface area contributed by atoms with E-state index in [1.54, 1.807) is 13.8 Å². The number of hydrogen-bond acceptors (Lipinski definition) is 2. The first-order chi connectivity index (χ1) is 8.33. The number of nitrogens with zero attached hydrogens (tertiary/aromatic N) is 1. The fourth-order valence-corrected chi connectivity index (χ4v) is 3.21. The van der Waals surface area contributed by atoms with Crippen molar-refractivity contribution in [2.75, 3.05) is 0 Å². The van der Waals surface area contributed by atoms with Crippen LogP contribution in [0.5, 0.6) is 0 Å². The normalized spacial score (nSPS) is 12.5. The Bertz CT molecular complexity index is 681. The number of fused-ring (bicyclic) bond motifs is 1. The highest BCUT2D eigenvalue weighted by atomic mass is 32.2. The number of benzene rings is 1. The summed E-state index contributed by atoms with van der Waals surface area (Å²) in [7, 11) is -1.12. The average molecular weight is 265 g/mol. The first-order valence-electron chi connectivity index (χ1n) is 6.08. The van der Waals surface area contributed by atoms with E-state index >= 15 is 0 Å². The molecule has 0 saturated heterocycles. The average Bonchev–Trinajstić information content (AvgIpc) is 2.56. The Morgan fingerprint density at radius 3 is 2.50 bits per heavy atom. The predicted octanol–water partition coefficient (Wildman–Crippen LogP) is 2.81. The van der Waals surface area contributed by atoms with Crippen LogP contribution >= 0.6 is 0 Å². The SMILES string of the molecule is Cc1cccc2cc(CS(=O)(=O)C(C)C)n(C)c12. The number of hydrogen-bond donors (Lipinski definition) is 0. The summed E-state index contributed by atoms with van der Waals surface area (Å²) >= 11 is 0. The number of rotatable bonds is 3. The van der Waals surface area contributed by atoms with E-state index in [4.69, 9.17) is 0 Å². The minimum absolute atomic E-state index is 0.106. The summed E-state index contributed by atoms with van der Waals surface area (Å²) in [5.41, 5.74) is 3.14. The van der Waals surface area contributed by atoms with Gasteiger partial charge in [0.1, 0.15) is 0 Å². The quantitative estimate of drug-likeness (QED) is 0.856. The molecule has 0 spiro atoms. The molecule has 4 heteroatoms. The Morgan fingerprint density at radius 1 is 1.28 bits per heavy atom. The third-order valence-corrected chi connectivity index (χ3v) is 5.56. The Kier molecular flexibility index (Phi) is 3.23. The van der Waals surface area contributed by atoms with Crippen molar-refractivity contribution >= 4 is 20.7 Å². The van der Waals surface area contributed by atoms with Gasteiger partial charge in [0.05, 0.1) is 16.5 Å². The molecule has 0 unspecified atom stereocenters. The number of para-hydroxylation sites is 1. The standard InChI is InChI=1S/C14H19NO2S/c1-10(2)18(16,17)9-13-8-12-7-5-6-11(3)14(12)15(13)4/h5-8,10H,9H2,1-4H3. The van der Waals surface area contributed by atoms with Gasteiger partial charge in [-0.15, -0.1) is 0 Å². The van der Waals surface area contributed by atoms with Gasteiger partial charge in [-0.25, -0.2) is 8.42 Å². The van der Waals surface area contributed by atoms with Crippen LogP contribution in [0.25, 0.3) is 10.9 Å². The smallest absolute Gasteiger partial charge is 0.158 e. The lowest BCUT2D eigenvalue weighted by Crippen LogP contribution is -2.17. The van der Waals surface area contributed by atoms with Gasteiger partial charge >= 0.3 is 0 Å². The molecule has 0 atom stereocenters. The van der Waals surface area contributed by atoms with E-state index in [2.05, 4.69) is 0 Å². The highest BCUT2D eigenvalue weighted by Gasteiger charge is 2.19. The van der Waals surface area contributed by atoms with Crippen LogP contribution in [-0.4, -0.2) is 18.2 Å². The van der Waals surface area contributed by atoms with Gasteiger partial charge in [0.25, 0.3) is 0 Å². The third-order valence-electron chi connectivity index (χ3n) is 3.42. The van der Waals surface area contributed by atoms with Crippen LogP contribution in [0.15, 0.2) is 24.3 Å². The zero-order valence-corrected chi connectivity index (χ0v) is 12.1. The summed E-state index contributed by atoms with van der Waals surface area (Å²) < 4.78 is 26.0. The van der Waals surface area contributed by atoms with Crippen LogP contribution in [-0.2, 0) is 22.6 Å². The van der Waals surface area contributed by atoms with Crippen LogP contribution in [0, 0.1) is 6.92 Å². The number of sulfone groups is 1. The molecular weight excluding hydrogens is 246 g/mol. The highest BCUT2D eigenvalue weighted by molar-refractivity contribution is 7.91. The first-order valence-corrected chi connectivity index (χ1v) is 7.80. The van der Waals surface area contributed by atoms with Gasteiger partial charge in [-0.3, -0.25) is 0 Å². The summed E-state index contributed by atoms with van der Waals surface area (Å²) in [6.07, 6.45) is 0. The minimum atomic E-state index is -3.06. The zero-order chi connectivity index (χ0) is 13.5. The van der Waals surface area contributed by atoms with Crippen LogP contribution in [0.1, 0.15) is 25.1 Å². The van der Waals surface area contributed by atoms with Crippen molar-refractivity contribution in [3.8, 4) is 0 Å².